The van der Waals surface area contributed by atoms with Crippen LogP contribution in [0, 0.1) is 0 Å². The molecule has 0 bridgehead atoms. The van der Waals surface area contributed by atoms with E-state index in [1.807, 2.05) is 0 Å². The summed E-state index contributed by atoms with van der Waals surface area (Å²) in [5.41, 5.74) is 0. The molecule has 0 aromatic carbocycles. The van der Waals surface area contributed by atoms with Crippen molar-refractivity contribution in [3.63, 3.8) is 0 Å². The molecule has 0 N–H and O–H groups in total. The van der Waals surface area contributed by atoms with Gasteiger partial charge in [0, 0.05) is 36.8 Å². The van der Waals surface area contributed by atoms with Crippen molar-refractivity contribution in [1.82, 2.24) is 0 Å². The van der Waals surface area contributed by atoms with Crippen molar-refractivity contribution < 1.29 is 92.5 Å². The maximum absolute atomic E-state index is 0. The van der Waals surface area contributed by atoms with Crippen LogP contribution in [0.25, 0.3) is 0 Å². The summed E-state index contributed by atoms with van der Waals surface area (Å²) in [6.07, 6.45) is 0. The number of hydrogen-bond acceptors (Lipinski definition) is 0. The topological polar surface area (TPSA) is 0 Å². The Bertz CT molecular complexity index is 14.9. The van der Waals surface area contributed by atoms with E-state index in [1.54, 1.807) is 0 Å². The molecule has 0 spiro atoms. The third-order valence-corrected chi connectivity index (χ3v) is 0. The quantitative estimate of drug-likeness (QED) is 0.399. The predicted molar refractivity (Wildman–Crippen MR) is 9.09 cm³/mol. The van der Waals surface area contributed by atoms with E-state index in [0.29, 0.717) is 0 Å². The minimum absolute atomic E-state index is 0. The molecule has 0 fully saturated rings. The van der Waals surface area contributed by atoms with Gasteiger partial charge in [0.15, 0.2) is 0 Å². The summed E-state index contributed by atoms with van der Waals surface area (Å²) in [7, 11) is 0. The van der Waals surface area contributed by atoms with E-state index in [4.69, 9.17) is 0 Å². The molecule has 0 saturated carbocycles. The summed E-state index contributed by atoms with van der Waals surface area (Å²) in [5, 5.41) is 0. The summed E-state index contributed by atoms with van der Waals surface area (Å²) in [6, 6.07) is 0. The second-order valence-electron chi connectivity index (χ2n) is 0. The van der Waals surface area contributed by atoms with E-state index in [-0.39, 0.29) is 138 Å². The molecule has 0 aliphatic heterocycles. The average molecular weight is 247 g/mol. The summed E-state index contributed by atoms with van der Waals surface area (Å²) < 4.78 is 0. The summed E-state index contributed by atoms with van der Waals surface area (Å²) in [6.45, 7) is 0. The molecule has 0 radical (unpaired) electrons. The van der Waals surface area contributed by atoms with Crippen LogP contribution in [-0.4, -0.2) is 45.5 Å². The SMILES string of the molecule is [Cr].[H-].[H-].[H-].[K+].[Sr+2].[Zn]. The van der Waals surface area contributed by atoms with E-state index < -0.39 is 0 Å². The fourth-order valence-electron chi connectivity index (χ4n) is 0. The summed E-state index contributed by atoms with van der Waals surface area (Å²) in [4.78, 5) is 0. The molecule has 0 saturated heterocycles. The zero-order valence-corrected chi connectivity index (χ0v) is 13.7. The Morgan fingerprint density at radius 1 is 1.25 bits per heavy atom. The van der Waals surface area contributed by atoms with Crippen molar-refractivity contribution in [2.75, 3.05) is 0 Å². The van der Waals surface area contributed by atoms with Gasteiger partial charge in [0.05, 0.1) is 0 Å². The maximum atomic E-state index is 0. The van der Waals surface area contributed by atoms with Crippen LogP contribution >= 0.6 is 0 Å². The van der Waals surface area contributed by atoms with Crippen LogP contribution in [0.1, 0.15) is 4.28 Å². The third kappa shape index (κ3) is 9.55. The van der Waals surface area contributed by atoms with Crippen molar-refractivity contribution in [2.24, 2.45) is 0 Å². The van der Waals surface area contributed by atoms with E-state index in [9.17, 15) is 0 Å². The second kappa shape index (κ2) is 15.7. The largest absolute Gasteiger partial charge is 2.00 e. The molecule has 0 nitrogen and oxygen atoms in total. The maximum Gasteiger partial charge on any atom is 2.00 e. The van der Waals surface area contributed by atoms with Gasteiger partial charge in [-0.3, -0.25) is 0 Å². The van der Waals surface area contributed by atoms with Crippen LogP contribution in [0.2, 0.25) is 0 Å². The molecular weight excluding hydrogens is 244 g/mol. The smallest absolute Gasteiger partial charge is 1.00 e. The molecule has 0 unspecified atom stereocenters. The molecule has 4 heavy (non-hydrogen) atoms. The zero-order valence-electron chi connectivity index (χ0n) is 5.82. The summed E-state index contributed by atoms with van der Waals surface area (Å²) in [5.74, 6) is 0. The fraction of sp³-hybridized carbons (Fsp3) is 0. The second-order valence-corrected chi connectivity index (χ2v) is 0. The predicted octanol–water partition coefficient (Wildman–Crippen LogP) is -3.04. The normalized spacial score (nSPS) is 0. The van der Waals surface area contributed by atoms with Gasteiger partial charge in [-0.25, -0.2) is 0 Å². The van der Waals surface area contributed by atoms with Crippen molar-refractivity contribution in [3.8, 4) is 0 Å². The van der Waals surface area contributed by atoms with Gasteiger partial charge in [-0.2, -0.15) is 0 Å². The Kier molecular flexibility index (Phi) is 93.9. The molecular formula is H3CrKSrZn. The number of rotatable bonds is 0. The molecule has 0 aliphatic rings. The van der Waals surface area contributed by atoms with Crippen LogP contribution in [0.3, 0.4) is 0 Å². The van der Waals surface area contributed by atoms with Crippen molar-refractivity contribution in [1.29, 1.82) is 0 Å². The first-order valence-electron chi connectivity index (χ1n) is 0. The standard InChI is InChI=1S/Cr.K.Sr.Zn.3H/q;+1;+2;;3*-1. The monoisotopic (exact) mass is 246 g/mol. The molecule has 14 valence electrons. The molecule has 0 rings (SSSR count). The first-order chi connectivity index (χ1) is 0. The first-order valence-corrected chi connectivity index (χ1v) is 0. The van der Waals surface area contributed by atoms with Gasteiger partial charge in [-0.05, 0) is 0 Å². The fourth-order valence-corrected chi connectivity index (χ4v) is 0. The van der Waals surface area contributed by atoms with Gasteiger partial charge < -0.3 is 4.28 Å². The molecule has 4 heteroatoms. The Labute approximate surface area is 134 Å². The minimum Gasteiger partial charge on any atom is -1.00 e. The number of hydrogen-bond donors (Lipinski definition) is 0. The van der Waals surface area contributed by atoms with Gasteiger partial charge in [-0.15, -0.1) is 0 Å². The van der Waals surface area contributed by atoms with Gasteiger partial charge in [-0.1, -0.05) is 0 Å². The van der Waals surface area contributed by atoms with Gasteiger partial charge in [0.1, 0.15) is 0 Å². The first kappa shape index (κ1) is 24.0. The molecule has 0 aromatic heterocycles. The third-order valence-electron chi connectivity index (χ3n) is 0. The van der Waals surface area contributed by atoms with E-state index >= 15 is 0 Å². The van der Waals surface area contributed by atoms with E-state index in [2.05, 4.69) is 0 Å². The molecule has 0 atom stereocenters. The Hall–Kier alpha value is 4.27. The van der Waals surface area contributed by atoms with Gasteiger partial charge >= 0.3 is 96.9 Å². The van der Waals surface area contributed by atoms with Crippen LogP contribution < -0.4 is 51.4 Å². The van der Waals surface area contributed by atoms with Crippen LogP contribution in [0.5, 0.6) is 0 Å². The molecule has 0 amide bonds. The van der Waals surface area contributed by atoms with Gasteiger partial charge in [0.2, 0.25) is 0 Å². The molecule has 0 aliphatic carbocycles. The molecule has 0 aromatic rings. The van der Waals surface area contributed by atoms with E-state index in [1.165, 1.54) is 0 Å². The van der Waals surface area contributed by atoms with Crippen LogP contribution in [0.15, 0.2) is 0 Å². The average Bonchev–Trinajstić information content (AvgIpc) is 0. The zero-order chi connectivity index (χ0) is 0. The minimum atomic E-state index is 0. The van der Waals surface area contributed by atoms with Crippen molar-refractivity contribution in [3.05, 3.63) is 0 Å². The Balaban J connectivity index is 0. The van der Waals surface area contributed by atoms with Crippen molar-refractivity contribution in [2.45, 2.75) is 0 Å². The summed E-state index contributed by atoms with van der Waals surface area (Å²) >= 11 is 0. The Morgan fingerprint density at radius 2 is 1.25 bits per heavy atom. The molecule has 0 heterocycles. The van der Waals surface area contributed by atoms with Crippen molar-refractivity contribution >= 4 is 45.5 Å². The van der Waals surface area contributed by atoms with Crippen LogP contribution in [-0.2, 0) is 36.8 Å². The Morgan fingerprint density at radius 3 is 1.25 bits per heavy atom. The van der Waals surface area contributed by atoms with E-state index in [0.717, 1.165) is 0 Å². The van der Waals surface area contributed by atoms with Crippen LogP contribution in [0.4, 0.5) is 0 Å². The van der Waals surface area contributed by atoms with Gasteiger partial charge in [0.25, 0.3) is 0 Å².